The van der Waals surface area contributed by atoms with E-state index < -0.39 is 0 Å². The van der Waals surface area contributed by atoms with Crippen LogP contribution in [0.15, 0.2) is 24.3 Å². The van der Waals surface area contributed by atoms with Crippen LogP contribution in [-0.4, -0.2) is 12.3 Å². The van der Waals surface area contributed by atoms with Crippen LogP contribution in [0.5, 0.6) is 0 Å². The molecule has 2 N–H and O–H groups in total. The number of rotatable bonds is 7. The van der Waals surface area contributed by atoms with Crippen LogP contribution in [0.4, 0.5) is 0 Å². The standard InChI is InChI=1S/C15H23NO/c1-3-5-13-6-4-7-14(10-13)15(17)9-8-12(2)11-16/h4,6-7,10,12H,3,5,8-9,11,16H2,1-2H3. The minimum Gasteiger partial charge on any atom is -0.330 e. The first-order chi connectivity index (χ1) is 8.17. The minimum absolute atomic E-state index is 0.239. The van der Waals surface area contributed by atoms with Gasteiger partial charge in [0.1, 0.15) is 0 Å². The second-order valence-electron chi connectivity index (χ2n) is 4.75. The third kappa shape index (κ3) is 4.70. The summed E-state index contributed by atoms with van der Waals surface area (Å²) >= 11 is 0. The molecule has 0 heterocycles. The SMILES string of the molecule is CCCc1cccc(C(=O)CCC(C)CN)c1. The predicted molar refractivity (Wildman–Crippen MR) is 72.2 cm³/mol. The zero-order valence-corrected chi connectivity index (χ0v) is 10.9. The maximum Gasteiger partial charge on any atom is 0.162 e. The lowest BCUT2D eigenvalue weighted by Crippen LogP contribution is -2.12. The van der Waals surface area contributed by atoms with Gasteiger partial charge in [0, 0.05) is 12.0 Å². The molecular weight excluding hydrogens is 210 g/mol. The highest BCUT2D eigenvalue weighted by atomic mass is 16.1. The number of ketones is 1. The van der Waals surface area contributed by atoms with Crippen LogP contribution < -0.4 is 5.73 Å². The first-order valence-electron chi connectivity index (χ1n) is 6.49. The van der Waals surface area contributed by atoms with Crippen LogP contribution in [0, 0.1) is 5.92 Å². The van der Waals surface area contributed by atoms with Gasteiger partial charge in [-0.2, -0.15) is 0 Å². The van der Waals surface area contributed by atoms with Crippen molar-refractivity contribution >= 4 is 5.78 Å². The van der Waals surface area contributed by atoms with Gasteiger partial charge in [0.05, 0.1) is 0 Å². The molecule has 1 unspecified atom stereocenters. The molecule has 0 saturated carbocycles. The zero-order valence-electron chi connectivity index (χ0n) is 10.9. The molecule has 0 aliphatic heterocycles. The molecule has 17 heavy (non-hydrogen) atoms. The lowest BCUT2D eigenvalue weighted by atomic mass is 9.98. The summed E-state index contributed by atoms with van der Waals surface area (Å²) in [5, 5.41) is 0. The van der Waals surface area contributed by atoms with Crippen molar-refractivity contribution < 1.29 is 4.79 Å². The van der Waals surface area contributed by atoms with Crippen LogP contribution in [0.25, 0.3) is 0 Å². The lowest BCUT2D eigenvalue weighted by molar-refractivity contribution is 0.0975. The van der Waals surface area contributed by atoms with Gasteiger partial charge in [-0.1, -0.05) is 38.5 Å². The van der Waals surface area contributed by atoms with Gasteiger partial charge in [-0.05, 0) is 36.9 Å². The summed E-state index contributed by atoms with van der Waals surface area (Å²) in [6.45, 7) is 4.89. The Morgan fingerprint density at radius 3 is 2.82 bits per heavy atom. The molecule has 0 saturated heterocycles. The molecule has 2 heteroatoms. The summed E-state index contributed by atoms with van der Waals surface area (Å²) in [5.74, 6) is 0.668. The Balaban J connectivity index is 2.59. The summed E-state index contributed by atoms with van der Waals surface area (Å²) in [4.78, 5) is 12.0. The molecule has 0 radical (unpaired) electrons. The fourth-order valence-corrected chi connectivity index (χ4v) is 1.83. The van der Waals surface area contributed by atoms with Crippen molar-refractivity contribution in [1.29, 1.82) is 0 Å². The minimum atomic E-state index is 0.239. The number of carbonyl (C=O) groups is 1. The van der Waals surface area contributed by atoms with Gasteiger partial charge in [0.15, 0.2) is 5.78 Å². The van der Waals surface area contributed by atoms with Gasteiger partial charge in [-0.15, -0.1) is 0 Å². The molecule has 94 valence electrons. The molecule has 0 spiro atoms. The summed E-state index contributed by atoms with van der Waals surface area (Å²) in [6.07, 6.45) is 3.64. The van der Waals surface area contributed by atoms with E-state index in [1.807, 2.05) is 18.2 Å². The average molecular weight is 233 g/mol. The van der Waals surface area contributed by atoms with Crippen molar-refractivity contribution in [1.82, 2.24) is 0 Å². The molecule has 1 aromatic carbocycles. The van der Waals surface area contributed by atoms with Crippen molar-refractivity contribution in [2.24, 2.45) is 11.7 Å². The van der Waals surface area contributed by atoms with E-state index in [9.17, 15) is 4.79 Å². The van der Waals surface area contributed by atoms with Crippen molar-refractivity contribution in [2.75, 3.05) is 6.54 Å². The quantitative estimate of drug-likeness (QED) is 0.735. The fourth-order valence-electron chi connectivity index (χ4n) is 1.83. The number of carbonyl (C=O) groups excluding carboxylic acids is 1. The molecule has 0 amide bonds. The van der Waals surface area contributed by atoms with Crippen LogP contribution >= 0.6 is 0 Å². The second kappa shape index (κ2) is 7.23. The van der Waals surface area contributed by atoms with E-state index in [0.29, 0.717) is 18.9 Å². The normalized spacial score (nSPS) is 12.4. The molecule has 1 atom stereocenters. The maximum absolute atomic E-state index is 12.0. The number of Topliss-reactive ketones (excluding diaryl/α,β-unsaturated/α-hetero) is 1. The molecule has 0 bridgehead atoms. The third-order valence-electron chi connectivity index (χ3n) is 3.05. The molecule has 0 aromatic heterocycles. The van der Waals surface area contributed by atoms with Crippen LogP contribution in [0.2, 0.25) is 0 Å². The third-order valence-corrected chi connectivity index (χ3v) is 3.05. The Bertz CT molecular complexity index is 360. The Hall–Kier alpha value is -1.15. The highest BCUT2D eigenvalue weighted by molar-refractivity contribution is 5.96. The first kappa shape index (κ1) is 13.9. The number of hydrogen-bond donors (Lipinski definition) is 1. The van der Waals surface area contributed by atoms with Crippen LogP contribution in [0.1, 0.15) is 49.0 Å². The highest BCUT2D eigenvalue weighted by Gasteiger charge is 2.08. The van der Waals surface area contributed by atoms with Gasteiger partial charge < -0.3 is 5.73 Å². The maximum atomic E-state index is 12.0. The summed E-state index contributed by atoms with van der Waals surface area (Å²) in [5.41, 5.74) is 7.65. The topological polar surface area (TPSA) is 43.1 Å². The van der Waals surface area contributed by atoms with Crippen molar-refractivity contribution in [3.05, 3.63) is 35.4 Å². The Labute approximate surface area is 104 Å². The number of nitrogens with two attached hydrogens (primary N) is 1. The Morgan fingerprint density at radius 2 is 2.18 bits per heavy atom. The Kier molecular flexibility index (Phi) is 5.92. The monoisotopic (exact) mass is 233 g/mol. The van der Waals surface area contributed by atoms with Gasteiger partial charge in [-0.3, -0.25) is 4.79 Å². The highest BCUT2D eigenvalue weighted by Crippen LogP contribution is 2.12. The van der Waals surface area contributed by atoms with Gasteiger partial charge in [0.2, 0.25) is 0 Å². The van der Waals surface area contributed by atoms with Gasteiger partial charge >= 0.3 is 0 Å². The molecule has 1 rings (SSSR count). The number of benzene rings is 1. The molecule has 2 nitrogen and oxygen atoms in total. The van der Waals surface area contributed by atoms with Gasteiger partial charge in [0.25, 0.3) is 0 Å². The summed E-state index contributed by atoms with van der Waals surface area (Å²) < 4.78 is 0. The van der Waals surface area contributed by atoms with Crippen molar-refractivity contribution in [3.63, 3.8) is 0 Å². The van der Waals surface area contributed by atoms with Crippen LogP contribution in [-0.2, 0) is 6.42 Å². The lowest BCUT2D eigenvalue weighted by Gasteiger charge is -2.08. The largest absolute Gasteiger partial charge is 0.330 e. The van der Waals surface area contributed by atoms with E-state index in [-0.39, 0.29) is 5.78 Å². The predicted octanol–water partition coefficient (Wildman–Crippen LogP) is 3.20. The van der Waals surface area contributed by atoms with E-state index in [1.54, 1.807) is 0 Å². The molecular formula is C15H23NO. The summed E-state index contributed by atoms with van der Waals surface area (Å²) in [7, 11) is 0. The molecule has 1 aromatic rings. The number of hydrogen-bond acceptors (Lipinski definition) is 2. The smallest absolute Gasteiger partial charge is 0.162 e. The van der Waals surface area contributed by atoms with Crippen molar-refractivity contribution in [2.45, 2.75) is 39.5 Å². The fraction of sp³-hybridized carbons (Fsp3) is 0.533. The van der Waals surface area contributed by atoms with E-state index >= 15 is 0 Å². The van der Waals surface area contributed by atoms with E-state index in [0.717, 1.165) is 24.8 Å². The zero-order chi connectivity index (χ0) is 12.7. The average Bonchev–Trinajstić information content (AvgIpc) is 2.36. The van der Waals surface area contributed by atoms with Crippen molar-refractivity contribution in [3.8, 4) is 0 Å². The number of aryl methyl sites for hydroxylation is 1. The van der Waals surface area contributed by atoms with E-state index in [1.165, 1.54) is 5.56 Å². The summed E-state index contributed by atoms with van der Waals surface area (Å²) in [6, 6.07) is 8.00. The molecule has 0 aliphatic carbocycles. The Morgan fingerprint density at radius 1 is 1.41 bits per heavy atom. The van der Waals surface area contributed by atoms with E-state index in [4.69, 9.17) is 5.73 Å². The van der Waals surface area contributed by atoms with E-state index in [2.05, 4.69) is 19.9 Å². The van der Waals surface area contributed by atoms with Gasteiger partial charge in [-0.25, -0.2) is 0 Å². The molecule has 0 fully saturated rings. The second-order valence-corrected chi connectivity index (χ2v) is 4.75. The molecule has 0 aliphatic rings. The van der Waals surface area contributed by atoms with Crippen LogP contribution in [0.3, 0.4) is 0 Å². The first-order valence-corrected chi connectivity index (χ1v) is 6.49.